The SMILES string of the molecule is CCOC(=O)C(CS)NC(=O)CN(CCN(CCN(CC(=O)O)CC(=O)NC(CS)C(=O)OCC)CC(=O)O)CC(=O)O. The lowest BCUT2D eigenvalue weighted by Gasteiger charge is -2.28. The van der Waals surface area contributed by atoms with E-state index in [2.05, 4.69) is 35.9 Å². The van der Waals surface area contributed by atoms with Gasteiger partial charge in [-0.15, -0.1) is 0 Å². The van der Waals surface area contributed by atoms with E-state index < -0.39 is 86.5 Å². The molecule has 0 aliphatic rings. The van der Waals surface area contributed by atoms with E-state index >= 15 is 0 Å². The van der Waals surface area contributed by atoms with Crippen molar-refractivity contribution in [3.05, 3.63) is 0 Å². The maximum atomic E-state index is 12.5. The Kier molecular flexibility index (Phi) is 20.8. The molecule has 0 saturated heterocycles. The molecule has 0 spiro atoms. The van der Waals surface area contributed by atoms with Crippen molar-refractivity contribution in [1.29, 1.82) is 0 Å². The molecule has 246 valence electrons. The molecule has 17 nitrogen and oxygen atoms in total. The first-order valence-corrected chi connectivity index (χ1v) is 14.5. The highest BCUT2D eigenvalue weighted by Crippen LogP contribution is 2.00. The molecule has 0 saturated carbocycles. The number of carboxylic acid groups (broad SMARTS) is 3. The monoisotopic (exact) mass is 655 g/mol. The Morgan fingerprint density at radius 2 is 0.884 bits per heavy atom. The lowest BCUT2D eigenvalue weighted by molar-refractivity contribution is -0.147. The number of carbonyl (C=O) groups excluding carboxylic acids is 4. The van der Waals surface area contributed by atoms with Crippen molar-refractivity contribution < 1.29 is 58.4 Å². The summed E-state index contributed by atoms with van der Waals surface area (Å²) in [6, 6.07) is -2.10. The first kappa shape index (κ1) is 39.9. The molecule has 2 amide bonds. The van der Waals surface area contributed by atoms with E-state index in [0.717, 1.165) is 0 Å². The van der Waals surface area contributed by atoms with Crippen LogP contribution in [-0.2, 0) is 43.0 Å². The van der Waals surface area contributed by atoms with Gasteiger partial charge >= 0.3 is 29.8 Å². The predicted molar refractivity (Wildman–Crippen MR) is 157 cm³/mol. The largest absolute Gasteiger partial charge is 0.480 e. The molecule has 19 heteroatoms. The van der Waals surface area contributed by atoms with Crippen LogP contribution < -0.4 is 10.6 Å². The van der Waals surface area contributed by atoms with Gasteiger partial charge in [-0.1, -0.05) is 0 Å². The van der Waals surface area contributed by atoms with E-state index in [0.29, 0.717) is 0 Å². The van der Waals surface area contributed by atoms with Crippen LogP contribution in [0.1, 0.15) is 13.8 Å². The van der Waals surface area contributed by atoms with Gasteiger partial charge in [-0.2, -0.15) is 25.3 Å². The number of nitrogens with zero attached hydrogens (tertiary/aromatic N) is 3. The number of esters is 2. The minimum atomic E-state index is -1.25. The van der Waals surface area contributed by atoms with Gasteiger partial charge in [0.25, 0.3) is 0 Å². The Labute approximate surface area is 260 Å². The average molecular weight is 656 g/mol. The van der Waals surface area contributed by atoms with E-state index in [9.17, 15) is 48.9 Å². The van der Waals surface area contributed by atoms with Gasteiger partial charge in [0.1, 0.15) is 12.1 Å². The smallest absolute Gasteiger partial charge is 0.329 e. The van der Waals surface area contributed by atoms with Crippen molar-refractivity contribution in [3.63, 3.8) is 0 Å². The normalized spacial score (nSPS) is 12.4. The Hall–Kier alpha value is -3.13. The number of rotatable bonds is 24. The second-order valence-electron chi connectivity index (χ2n) is 8.99. The third kappa shape index (κ3) is 18.9. The summed E-state index contributed by atoms with van der Waals surface area (Å²) in [6.45, 7) is 0.580. The standard InChI is InChI=1S/C24H41N5O12S2/c1-3-40-23(38)16(14-42)25-18(30)9-28(12-21(34)35)7-5-27(11-20(32)33)6-8-29(13-22(36)37)10-19(31)26-17(15-43)24(39)41-4-2/h16-17,42-43H,3-15H2,1-2H3,(H,25,30)(H,26,31)(H,32,33)(H,34,35)(H,36,37). The number of nitrogens with one attached hydrogen (secondary N) is 2. The van der Waals surface area contributed by atoms with Crippen LogP contribution in [0.25, 0.3) is 0 Å². The molecule has 0 heterocycles. The first-order valence-electron chi connectivity index (χ1n) is 13.2. The van der Waals surface area contributed by atoms with E-state index in [-0.39, 0.29) is 50.9 Å². The van der Waals surface area contributed by atoms with Gasteiger partial charge in [-0.3, -0.25) is 38.7 Å². The number of carbonyl (C=O) groups is 7. The maximum absolute atomic E-state index is 12.5. The van der Waals surface area contributed by atoms with Crippen LogP contribution in [0.2, 0.25) is 0 Å². The molecule has 0 aromatic rings. The Bertz CT molecular complexity index is 892. The quantitative estimate of drug-likeness (QED) is 0.0408. The zero-order chi connectivity index (χ0) is 32.9. The molecule has 0 aromatic heterocycles. The topological polar surface area (TPSA) is 232 Å². The highest BCUT2D eigenvalue weighted by Gasteiger charge is 2.25. The van der Waals surface area contributed by atoms with Crippen LogP contribution in [0.15, 0.2) is 0 Å². The molecule has 0 rings (SSSR count). The second kappa shape index (κ2) is 22.4. The third-order valence-electron chi connectivity index (χ3n) is 5.45. The van der Waals surface area contributed by atoms with Crippen LogP contribution >= 0.6 is 25.3 Å². The molecule has 5 N–H and O–H groups in total. The minimum Gasteiger partial charge on any atom is -0.480 e. The molecule has 0 radical (unpaired) electrons. The number of hydrogen-bond donors (Lipinski definition) is 7. The fraction of sp³-hybridized carbons (Fsp3) is 0.708. The van der Waals surface area contributed by atoms with Gasteiger partial charge in [0.15, 0.2) is 0 Å². The molecule has 0 aliphatic heterocycles. The summed E-state index contributed by atoms with van der Waals surface area (Å²) >= 11 is 8.03. The summed E-state index contributed by atoms with van der Waals surface area (Å²) in [6.07, 6.45) is 0. The Morgan fingerprint density at radius 1 is 0.581 bits per heavy atom. The molecule has 0 bridgehead atoms. The summed E-state index contributed by atoms with van der Waals surface area (Å²) in [5.74, 6) is -6.61. The number of carboxylic acids is 3. The van der Waals surface area contributed by atoms with Gasteiger partial charge in [-0.25, -0.2) is 9.59 Å². The number of hydrogen-bond acceptors (Lipinski definition) is 14. The molecule has 0 aromatic carbocycles. The van der Waals surface area contributed by atoms with Crippen LogP contribution in [0.4, 0.5) is 0 Å². The molecule has 2 unspecified atom stereocenters. The molecule has 0 aliphatic carbocycles. The summed E-state index contributed by atoms with van der Waals surface area (Å²) in [7, 11) is 0. The number of thiol groups is 2. The van der Waals surface area contributed by atoms with Gasteiger partial charge in [0, 0.05) is 37.7 Å². The van der Waals surface area contributed by atoms with Crippen LogP contribution in [0.5, 0.6) is 0 Å². The van der Waals surface area contributed by atoms with Gasteiger partial charge in [0.2, 0.25) is 11.8 Å². The molecule has 2 atom stereocenters. The van der Waals surface area contributed by atoms with Crippen molar-refractivity contribution in [1.82, 2.24) is 25.3 Å². The van der Waals surface area contributed by atoms with E-state index in [1.54, 1.807) is 13.8 Å². The average Bonchev–Trinajstić information content (AvgIpc) is 2.90. The molecular formula is C24H41N5O12S2. The van der Waals surface area contributed by atoms with Crippen molar-refractivity contribution in [2.24, 2.45) is 0 Å². The van der Waals surface area contributed by atoms with Crippen molar-refractivity contribution in [2.45, 2.75) is 25.9 Å². The highest BCUT2D eigenvalue weighted by molar-refractivity contribution is 7.80. The maximum Gasteiger partial charge on any atom is 0.329 e. The second-order valence-corrected chi connectivity index (χ2v) is 9.72. The van der Waals surface area contributed by atoms with Gasteiger partial charge in [-0.05, 0) is 13.8 Å². The lowest BCUT2D eigenvalue weighted by atomic mass is 10.3. The van der Waals surface area contributed by atoms with Crippen LogP contribution in [-0.4, -0.2) is 167 Å². The summed E-state index contributed by atoms with van der Waals surface area (Å²) in [4.78, 5) is 86.9. The van der Waals surface area contributed by atoms with E-state index in [1.165, 1.54) is 14.7 Å². The van der Waals surface area contributed by atoms with Crippen molar-refractivity contribution >= 4 is 66.9 Å². The molecule has 0 fully saturated rings. The van der Waals surface area contributed by atoms with Gasteiger partial charge < -0.3 is 35.4 Å². The van der Waals surface area contributed by atoms with Crippen molar-refractivity contribution in [2.75, 3.05) is 83.6 Å². The Morgan fingerprint density at radius 3 is 1.16 bits per heavy atom. The zero-order valence-electron chi connectivity index (χ0n) is 24.1. The molecular weight excluding hydrogens is 614 g/mol. The fourth-order valence-corrected chi connectivity index (χ4v) is 4.05. The zero-order valence-corrected chi connectivity index (χ0v) is 25.9. The predicted octanol–water partition coefficient (Wildman–Crippen LogP) is -2.90. The van der Waals surface area contributed by atoms with E-state index in [4.69, 9.17) is 9.47 Å². The van der Waals surface area contributed by atoms with Gasteiger partial charge in [0.05, 0.1) is 45.9 Å². The highest BCUT2D eigenvalue weighted by atomic mass is 32.1. The summed E-state index contributed by atoms with van der Waals surface area (Å²) in [5.41, 5.74) is 0. The lowest BCUT2D eigenvalue weighted by Crippen LogP contribution is -2.50. The van der Waals surface area contributed by atoms with Crippen LogP contribution in [0, 0.1) is 0 Å². The third-order valence-corrected chi connectivity index (χ3v) is 6.18. The molecule has 43 heavy (non-hydrogen) atoms. The van der Waals surface area contributed by atoms with E-state index in [1.807, 2.05) is 0 Å². The summed E-state index contributed by atoms with van der Waals surface area (Å²) in [5, 5.41) is 32.7. The Balaban J connectivity index is 5.40. The number of aliphatic carboxylic acids is 3. The van der Waals surface area contributed by atoms with Crippen LogP contribution in [0.3, 0.4) is 0 Å². The van der Waals surface area contributed by atoms with Crippen molar-refractivity contribution in [3.8, 4) is 0 Å². The fourth-order valence-electron chi connectivity index (χ4n) is 3.57. The summed E-state index contributed by atoms with van der Waals surface area (Å²) < 4.78 is 9.72. The number of ether oxygens (including phenoxy) is 2. The number of amides is 2. The minimum absolute atomic E-state index is 0.0432. The first-order chi connectivity index (χ1) is 20.3.